The van der Waals surface area contributed by atoms with Gasteiger partial charge in [-0.1, -0.05) is 0 Å². The molecule has 1 aliphatic heterocycles. The Bertz CT molecular complexity index is 281. The zero-order valence-corrected chi connectivity index (χ0v) is 9.64. The maximum Gasteiger partial charge on any atom is 0.303 e. The van der Waals surface area contributed by atoms with E-state index in [1.807, 2.05) is 0 Å². The third kappa shape index (κ3) is 3.07. The Morgan fingerprint density at radius 1 is 1.25 bits per heavy atom. The van der Waals surface area contributed by atoms with Gasteiger partial charge in [0.25, 0.3) is 0 Å². The van der Waals surface area contributed by atoms with Crippen molar-refractivity contribution in [1.82, 2.24) is 0 Å². The Labute approximate surface area is 97.4 Å². The van der Waals surface area contributed by atoms with Gasteiger partial charge in [-0.3, -0.25) is 9.59 Å². The lowest BCUT2D eigenvalue weighted by Gasteiger charge is -2.21. The quantitative estimate of drug-likeness (QED) is 0.554. The minimum atomic E-state index is -1.34. The number of aliphatic hydroxyl groups is 1. The predicted molar refractivity (Wildman–Crippen MR) is 52.7 cm³/mol. The second-order valence-electron chi connectivity index (χ2n) is 3.37. The van der Waals surface area contributed by atoms with Crippen LogP contribution in [0.3, 0.4) is 0 Å². The SMILES string of the molecule is CC(=O)O[C@@H]1[C@H](OC(C)=O)[C@@H](CCl)O[C@H]1O. The summed E-state index contributed by atoms with van der Waals surface area (Å²) in [6.45, 7) is 2.40. The minimum absolute atomic E-state index is 0.0206. The first-order valence-electron chi connectivity index (χ1n) is 4.69. The van der Waals surface area contributed by atoms with E-state index in [1.165, 1.54) is 13.8 Å². The first-order chi connectivity index (χ1) is 7.45. The van der Waals surface area contributed by atoms with Crippen LogP contribution >= 0.6 is 11.6 Å². The highest BCUT2D eigenvalue weighted by Gasteiger charge is 2.48. The number of rotatable bonds is 3. The van der Waals surface area contributed by atoms with Crippen molar-refractivity contribution in [3.05, 3.63) is 0 Å². The Morgan fingerprint density at radius 3 is 2.19 bits per heavy atom. The van der Waals surface area contributed by atoms with Gasteiger partial charge in [0.2, 0.25) is 0 Å². The molecule has 16 heavy (non-hydrogen) atoms. The van der Waals surface area contributed by atoms with Gasteiger partial charge in [-0.15, -0.1) is 11.6 Å². The molecule has 7 heteroatoms. The summed E-state index contributed by atoms with van der Waals surface area (Å²) in [6, 6.07) is 0. The van der Waals surface area contributed by atoms with E-state index in [0.29, 0.717) is 0 Å². The molecule has 4 atom stereocenters. The highest BCUT2D eigenvalue weighted by molar-refractivity contribution is 6.18. The second kappa shape index (κ2) is 5.47. The Hall–Kier alpha value is -0.850. The van der Waals surface area contributed by atoms with Crippen molar-refractivity contribution < 1.29 is 28.9 Å². The lowest BCUT2D eigenvalue weighted by molar-refractivity contribution is -0.174. The number of aliphatic hydroxyl groups excluding tert-OH is 1. The van der Waals surface area contributed by atoms with Crippen LogP contribution in [0.5, 0.6) is 0 Å². The number of carbonyl (C=O) groups is 2. The summed E-state index contributed by atoms with van der Waals surface area (Å²) in [4.78, 5) is 21.7. The molecule has 92 valence electrons. The van der Waals surface area contributed by atoms with Crippen molar-refractivity contribution >= 4 is 23.5 Å². The van der Waals surface area contributed by atoms with Crippen LogP contribution in [0.4, 0.5) is 0 Å². The van der Waals surface area contributed by atoms with Crippen LogP contribution in [0.25, 0.3) is 0 Å². The van der Waals surface area contributed by atoms with E-state index in [-0.39, 0.29) is 5.88 Å². The maximum atomic E-state index is 10.9. The van der Waals surface area contributed by atoms with E-state index in [2.05, 4.69) is 0 Å². The van der Waals surface area contributed by atoms with Crippen molar-refractivity contribution in [3.63, 3.8) is 0 Å². The molecule has 0 amide bonds. The summed E-state index contributed by atoms with van der Waals surface area (Å²) < 4.78 is 14.7. The molecule has 1 rings (SSSR count). The van der Waals surface area contributed by atoms with Gasteiger partial charge in [0, 0.05) is 13.8 Å². The van der Waals surface area contributed by atoms with Crippen LogP contribution in [0.2, 0.25) is 0 Å². The van der Waals surface area contributed by atoms with Crippen LogP contribution in [0, 0.1) is 0 Å². The van der Waals surface area contributed by atoms with Gasteiger partial charge in [0.1, 0.15) is 6.10 Å². The van der Waals surface area contributed by atoms with E-state index in [4.69, 9.17) is 25.8 Å². The van der Waals surface area contributed by atoms with Crippen molar-refractivity contribution in [1.29, 1.82) is 0 Å². The summed E-state index contributed by atoms with van der Waals surface area (Å²) >= 11 is 5.59. The number of alkyl halides is 1. The number of ether oxygens (including phenoxy) is 3. The van der Waals surface area contributed by atoms with Crippen LogP contribution < -0.4 is 0 Å². The molecule has 1 fully saturated rings. The first kappa shape index (κ1) is 13.2. The number of hydrogen-bond acceptors (Lipinski definition) is 6. The van der Waals surface area contributed by atoms with Crippen LogP contribution in [-0.4, -0.2) is 47.5 Å². The van der Waals surface area contributed by atoms with Gasteiger partial charge >= 0.3 is 11.9 Å². The topological polar surface area (TPSA) is 82.1 Å². The third-order valence-electron chi connectivity index (χ3n) is 2.04. The minimum Gasteiger partial charge on any atom is -0.456 e. The largest absolute Gasteiger partial charge is 0.456 e. The molecule has 0 unspecified atom stereocenters. The summed E-state index contributed by atoms with van der Waals surface area (Å²) in [7, 11) is 0. The number of carbonyl (C=O) groups excluding carboxylic acids is 2. The summed E-state index contributed by atoms with van der Waals surface area (Å²) in [5.74, 6) is -1.14. The van der Waals surface area contributed by atoms with Crippen molar-refractivity contribution in [3.8, 4) is 0 Å². The number of halogens is 1. The van der Waals surface area contributed by atoms with E-state index in [0.717, 1.165) is 0 Å². The monoisotopic (exact) mass is 252 g/mol. The number of hydrogen-bond donors (Lipinski definition) is 1. The highest BCUT2D eigenvalue weighted by atomic mass is 35.5. The average Bonchev–Trinajstić information content (AvgIpc) is 2.44. The lowest BCUT2D eigenvalue weighted by atomic mass is 10.1. The maximum absolute atomic E-state index is 10.9. The molecule has 0 bridgehead atoms. The zero-order valence-electron chi connectivity index (χ0n) is 8.88. The van der Waals surface area contributed by atoms with Crippen molar-refractivity contribution in [2.24, 2.45) is 0 Å². The molecule has 1 aliphatic rings. The number of esters is 2. The summed E-state index contributed by atoms with van der Waals surface area (Å²) in [6.07, 6.45) is -3.94. The molecular weight excluding hydrogens is 240 g/mol. The molecular formula is C9H13ClO6. The molecule has 0 aromatic heterocycles. The summed E-state index contributed by atoms with van der Waals surface area (Å²) in [5.41, 5.74) is 0. The molecule has 1 N–H and O–H groups in total. The van der Waals surface area contributed by atoms with Gasteiger partial charge < -0.3 is 19.3 Å². The van der Waals surface area contributed by atoms with Crippen LogP contribution in [-0.2, 0) is 23.8 Å². The zero-order chi connectivity index (χ0) is 12.3. The molecule has 1 heterocycles. The molecule has 0 saturated carbocycles. The predicted octanol–water partition coefficient (Wildman–Crippen LogP) is -0.194. The molecule has 1 saturated heterocycles. The Kier molecular flexibility index (Phi) is 4.52. The normalized spacial score (nSPS) is 33.5. The third-order valence-corrected chi connectivity index (χ3v) is 2.35. The van der Waals surface area contributed by atoms with Crippen LogP contribution in [0.15, 0.2) is 0 Å². The smallest absolute Gasteiger partial charge is 0.303 e. The van der Waals surface area contributed by atoms with Gasteiger partial charge in [0.15, 0.2) is 18.5 Å². The van der Waals surface area contributed by atoms with E-state index >= 15 is 0 Å². The average molecular weight is 253 g/mol. The fraction of sp³-hybridized carbons (Fsp3) is 0.778. The lowest BCUT2D eigenvalue weighted by Crippen LogP contribution is -2.40. The van der Waals surface area contributed by atoms with E-state index in [9.17, 15) is 14.7 Å². The standard InChI is InChI=1S/C9H13ClO6/c1-4(11)14-7-6(3-10)16-9(13)8(7)15-5(2)12/h6-9,13H,3H2,1-2H3/t6-,7-,8-,9-/m1/s1. The molecule has 6 nitrogen and oxygen atoms in total. The second-order valence-corrected chi connectivity index (χ2v) is 3.68. The van der Waals surface area contributed by atoms with E-state index in [1.54, 1.807) is 0 Å². The molecule has 0 aromatic rings. The molecule has 0 spiro atoms. The van der Waals surface area contributed by atoms with Gasteiger partial charge in [-0.25, -0.2) is 0 Å². The Morgan fingerprint density at radius 2 is 1.75 bits per heavy atom. The van der Waals surface area contributed by atoms with Crippen molar-refractivity contribution in [2.75, 3.05) is 5.88 Å². The summed E-state index contributed by atoms with van der Waals surface area (Å²) in [5, 5.41) is 9.47. The fourth-order valence-corrected chi connectivity index (χ4v) is 1.73. The fourth-order valence-electron chi connectivity index (χ4n) is 1.48. The first-order valence-corrected chi connectivity index (χ1v) is 5.23. The Balaban J connectivity index is 2.76. The molecule has 0 aliphatic carbocycles. The molecule has 0 aromatic carbocycles. The van der Waals surface area contributed by atoms with Gasteiger partial charge in [-0.05, 0) is 0 Å². The highest BCUT2D eigenvalue weighted by Crippen LogP contribution is 2.26. The molecule has 0 radical (unpaired) electrons. The van der Waals surface area contributed by atoms with Gasteiger partial charge in [0.05, 0.1) is 5.88 Å². The van der Waals surface area contributed by atoms with E-state index < -0.39 is 36.5 Å². The van der Waals surface area contributed by atoms with Gasteiger partial charge in [-0.2, -0.15) is 0 Å². The van der Waals surface area contributed by atoms with Crippen molar-refractivity contribution in [2.45, 2.75) is 38.4 Å². The van der Waals surface area contributed by atoms with Crippen LogP contribution in [0.1, 0.15) is 13.8 Å².